The number of rotatable bonds is 2. The van der Waals surface area contributed by atoms with Crippen molar-refractivity contribution < 1.29 is 13.6 Å². The first-order chi connectivity index (χ1) is 10.6. The Morgan fingerprint density at radius 1 is 0.864 bits per heavy atom. The quantitative estimate of drug-likeness (QED) is 0.851. The lowest BCUT2D eigenvalue weighted by molar-refractivity contribution is 0.0745. The minimum Gasteiger partial charge on any atom is -0.368 e. The fraction of sp³-hybridized carbons (Fsp3) is 0.235. The highest BCUT2D eigenvalue weighted by atomic mass is 19.1. The number of hydrogen-bond acceptors (Lipinski definition) is 2. The monoisotopic (exact) mass is 302 g/mol. The summed E-state index contributed by atoms with van der Waals surface area (Å²) in [5, 5.41) is 0. The van der Waals surface area contributed by atoms with Gasteiger partial charge in [0.25, 0.3) is 5.91 Å². The number of halogens is 2. The summed E-state index contributed by atoms with van der Waals surface area (Å²) in [5.41, 5.74) is 1.18. The van der Waals surface area contributed by atoms with E-state index in [2.05, 4.69) is 4.90 Å². The Hall–Kier alpha value is -2.43. The molecular formula is C17H16F2N2O. The Balaban J connectivity index is 1.67. The van der Waals surface area contributed by atoms with Gasteiger partial charge in [0.1, 0.15) is 11.6 Å². The number of carbonyl (C=O) groups is 1. The average molecular weight is 302 g/mol. The van der Waals surface area contributed by atoms with E-state index in [1.807, 2.05) is 30.3 Å². The Morgan fingerprint density at radius 2 is 1.45 bits per heavy atom. The van der Waals surface area contributed by atoms with Crippen molar-refractivity contribution in [3.05, 3.63) is 65.7 Å². The van der Waals surface area contributed by atoms with E-state index < -0.39 is 11.6 Å². The second-order valence-electron chi connectivity index (χ2n) is 5.27. The van der Waals surface area contributed by atoms with Crippen LogP contribution in [0.3, 0.4) is 0 Å². The molecule has 114 valence electrons. The van der Waals surface area contributed by atoms with Crippen molar-refractivity contribution in [2.45, 2.75) is 0 Å². The summed E-state index contributed by atoms with van der Waals surface area (Å²) in [5.74, 6) is -1.79. The standard InChI is InChI=1S/C17H16F2N2O/c18-14-10-13(11-15(19)12-14)17(22)21-8-6-20(7-9-21)16-4-2-1-3-5-16/h1-5,10-12H,6-9H2. The molecule has 0 atom stereocenters. The minimum atomic E-state index is -0.730. The van der Waals surface area contributed by atoms with Gasteiger partial charge in [-0.2, -0.15) is 0 Å². The van der Waals surface area contributed by atoms with Crippen LogP contribution in [0.15, 0.2) is 48.5 Å². The summed E-state index contributed by atoms with van der Waals surface area (Å²) < 4.78 is 26.4. The maximum Gasteiger partial charge on any atom is 0.254 e. The van der Waals surface area contributed by atoms with E-state index >= 15 is 0 Å². The second-order valence-corrected chi connectivity index (χ2v) is 5.27. The van der Waals surface area contributed by atoms with Crippen molar-refractivity contribution in [1.29, 1.82) is 0 Å². The molecule has 0 N–H and O–H groups in total. The highest BCUT2D eigenvalue weighted by Gasteiger charge is 2.23. The maximum absolute atomic E-state index is 13.2. The number of anilines is 1. The number of nitrogens with zero attached hydrogens (tertiary/aromatic N) is 2. The van der Waals surface area contributed by atoms with Gasteiger partial charge in [-0.05, 0) is 24.3 Å². The summed E-state index contributed by atoms with van der Waals surface area (Å²) in [6.45, 7) is 2.47. The molecule has 5 heteroatoms. The Bertz CT molecular complexity index is 647. The lowest BCUT2D eigenvalue weighted by atomic mass is 10.1. The highest BCUT2D eigenvalue weighted by molar-refractivity contribution is 5.94. The third-order valence-corrected chi connectivity index (χ3v) is 3.80. The predicted molar refractivity (Wildman–Crippen MR) is 80.9 cm³/mol. The molecule has 0 radical (unpaired) electrons. The number of carbonyl (C=O) groups excluding carboxylic acids is 1. The lowest BCUT2D eigenvalue weighted by Gasteiger charge is -2.36. The SMILES string of the molecule is O=C(c1cc(F)cc(F)c1)N1CCN(c2ccccc2)CC1. The predicted octanol–water partition coefficient (Wildman–Crippen LogP) is 2.93. The van der Waals surface area contributed by atoms with Gasteiger partial charge in [-0.1, -0.05) is 18.2 Å². The molecule has 1 aliphatic heterocycles. The number of piperazine rings is 1. The lowest BCUT2D eigenvalue weighted by Crippen LogP contribution is -2.48. The van der Waals surface area contributed by atoms with E-state index in [0.717, 1.165) is 23.9 Å². The molecule has 1 saturated heterocycles. The molecule has 3 nitrogen and oxygen atoms in total. The van der Waals surface area contributed by atoms with Gasteiger partial charge in [-0.15, -0.1) is 0 Å². The second kappa shape index (κ2) is 6.13. The summed E-state index contributed by atoms with van der Waals surface area (Å²) in [6, 6.07) is 12.9. The van der Waals surface area contributed by atoms with E-state index in [1.165, 1.54) is 0 Å². The first-order valence-electron chi connectivity index (χ1n) is 7.19. The highest BCUT2D eigenvalue weighted by Crippen LogP contribution is 2.17. The number of hydrogen-bond donors (Lipinski definition) is 0. The van der Waals surface area contributed by atoms with Gasteiger partial charge in [0.05, 0.1) is 0 Å². The molecule has 1 aliphatic rings. The van der Waals surface area contributed by atoms with E-state index in [1.54, 1.807) is 4.90 Å². The van der Waals surface area contributed by atoms with Gasteiger partial charge >= 0.3 is 0 Å². The van der Waals surface area contributed by atoms with Crippen LogP contribution in [0.25, 0.3) is 0 Å². The molecule has 0 saturated carbocycles. The van der Waals surface area contributed by atoms with Crippen molar-refractivity contribution in [3.8, 4) is 0 Å². The van der Waals surface area contributed by atoms with Gasteiger partial charge in [-0.3, -0.25) is 4.79 Å². The van der Waals surface area contributed by atoms with Crippen LogP contribution in [0, 0.1) is 11.6 Å². The van der Waals surface area contributed by atoms with Gasteiger partial charge < -0.3 is 9.80 Å². The number of benzene rings is 2. The molecule has 0 aromatic heterocycles. The summed E-state index contributed by atoms with van der Waals surface area (Å²) >= 11 is 0. The molecule has 0 bridgehead atoms. The zero-order valence-electron chi connectivity index (χ0n) is 12.0. The van der Waals surface area contributed by atoms with Gasteiger partial charge in [-0.25, -0.2) is 8.78 Å². The Morgan fingerprint density at radius 3 is 2.05 bits per heavy atom. The van der Waals surface area contributed by atoms with Crippen LogP contribution in [0.4, 0.5) is 14.5 Å². The van der Waals surface area contributed by atoms with Crippen LogP contribution >= 0.6 is 0 Å². The number of para-hydroxylation sites is 1. The van der Waals surface area contributed by atoms with Crippen LogP contribution in [-0.4, -0.2) is 37.0 Å². The molecular weight excluding hydrogens is 286 g/mol. The molecule has 0 unspecified atom stereocenters. The zero-order chi connectivity index (χ0) is 15.5. The topological polar surface area (TPSA) is 23.6 Å². The summed E-state index contributed by atoms with van der Waals surface area (Å²) in [7, 11) is 0. The molecule has 3 rings (SSSR count). The molecule has 0 spiro atoms. The largest absolute Gasteiger partial charge is 0.368 e. The van der Waals surface area contributed by atoms with Crippen molar-refractivity contribution in [1.82, 2.24) is 4.90 Å². The van der Waals surface area contributed by atoms with Crippen molar-refractivity contribution in [2.75, 3.05) is 31.1 Å². The van der Waals surface area contributed by atoms with E-state index in [-0.39, 0.29) is 11.5 Å². The van der Waals surface area contributed by atoms with E-state index in [0.29, 0.717) is 26.2 Å². The molecule has 1 fully saturated rings. The smallest absolute Gasteiger partial charge is 0.254 e. The Labute approximate surface area is 127 Å². The first kappa shape index (κ1) is 14.5. The van der Waals surface area contributed by atoms with E-state index in [4.69, 9.17) is 0 Å². The zero-order valence-corrected chi connectivity index (χ0v) is 12.0. The van der Waals surface area contributed by atoms with Crippen molar-refractivity contribution >= 4 is 11.6 Å². The summed E-state index contributed by atoms with van der Waals surface area (Å²) in [6.07, 6.45) is 0. The molecule has 22 heavy (non-hydrogen) atoms. The molecule has 2 aromatic rings. The van der Waals surface area contributed by atoms with Crippen LogP contribution in [0.2, 0.25) is 0 Å². The minimum absolute atomic E-state index is 0.0608. The van der Waals surface area contributed by atoms with Gasteiger partial charge in [0.15, 0.2) is 0 Å². The van der Waals surface area contributed by atoms with Crippen LogP contribution < -0.4 is 4.90 Å². The fourth-order valence-electron chi connectivity index (χ4n) is 2.67. The maximum atomic E-state index is 13.2. The normalized spacial score (nSPS) is 15.0. The molecule has 1 amide bonds. The van der Waals surface area contributed by atoms with Crippen LogP contribution in [0.5, 0.6) is 0 Å². The third-order valence-electron chi connectivity index (χ3n) is 3.80. The first-order valence-corrected chi connectivity index (χ1v) is 7.19. The third kappa shape index (κ3) is 3.08. The number of amides is 1. The summed E-state index contributed by atoms with van der Waals surface area (Å²) in [4.78, 5) is 16.1. The van der Waals surface area contributed by atoms with E-state index in [9.17, 15) is 13.6 Å². The average Bonchev–Trinajstić information content (AvgIpc) is 2.54. The van der Waals surface area contributed by atoms with Crippen LogP contribution in [0.1, 0.15) is 10.4 Å². The Kier molecular flexibility index (Phi) is 4.04. The van der Waals surface area contributed by atoms with Crippen LogP contribution in [-0.2, 0) is 0 Å². The molecule has 1 heterocycles. The van der Waals surface area contributed by atoms with Gasteiger partial charge in [0.2, 0.25) is 0 Å². The van der Waals surface area contributed by atoms with Crippen molar-refractivity contribution in [2.24, 2.45) is 0 Å². The van der Waals surface area contributed by atoms with Gasteiger partial charge in [0, 0.05) is 43.5 Å². The molecule has 0 aliphatic carbocycles. The molecule has 2 aromatic carbocycles. The van der Waals surface area contributed by atoms with Crippen molar-refractivity contribution in [3.63, 3.8) is 0 Å². The fourth-order valence-corrected chi connectivity index (χ4v) is 2.67.